The van der Waals surface area contributed by atoms with Gasteiger partial charge in [-0.1, -0.05) is 25.6 Å². The van der Waals surface area contributed by atoms with E-state index in [4.69, 9.17) is 5.73 Å². The summed E-state index contributed by atoms with van der Waals surface area (Å²) in [6, 6.07) is 0.0614. The summed E-state index contributed by atoms with van der Waals surface area (Å²) >= 11 is 1.47. The first-order chi connectivity index (χ1) is 8.31. The van der Waals surface area contributed by atoms with Gasteiger partial charge in [0.05, 0.1) is 0 Å². The minimum atomic E-state index is -0.749. The molecule has 3 N–H and O–H groups in total. The molecule has 0 aliphatic heterocycles. The fourth-order valence-electron chi connectivity index (χ4n) is 2.20. The molecule has 7 heteroatoms. The van der Waals surface area contributed by atoms with Gasteiger partial charge in [0.1, 0.15) is 0 Å². The van der Waals surface area contributed by atoms with Crippen LogP contribution in [0.2, 0.25) is 0 Å². The smallest absolute Gasteiger partial charge is 0.326 e. The van der Waals surface area contributed by atoms with Gasteiger partial charge in [-0.25, -0.2) is 0 Å². The lowest BCUT2D eigenvalue weighted by Gasteiger charge is -2.26. The van der Waals surface area contributed by atoms with Crippen molar-refractivity contribution in [2.75, 3.05) is 0 Å². The van der Waals surface area contributed by atoms with E-state index in [2.05, 4.69) is 23.9 Å². The fraction of sp³-hybridized carbons (Fsp3) is 0.727. The lowest BCUT2D eigenvalue weighted by molar-refractivity contribution is 0.334. The number of nitrogens with one attached hydrogen (secondary N) is 1. The highest BCUT2D eigenvalue weighted by Gasteiger charge is 2.40. The molecule has 0 amide bonds. The van der Waals surface area contributed by atoms with Crippen molar-refractivity contribution in [3.8, 4) is 0 Å². The van der Waals surface area contributed by atoms with Crippen molar-refractivity contribution >= 4 is 11.8 Å². The van der Waals surface area contributed by atoms with E-state index in [1.165, 1.54) is 16.4 Å². The van der Waals surface area contributed by atoms with Crippen LogP contribution in [0.25, 0.3) is 0 Å². The molecule has 0 aromatic carbocycles. The van der Waals surface area contributed by atoms with Crippen LogP contribution in [0.3, 0.4) is 0 Å². The Morgan fingerprint density at radius 2 is 2.17 bits per heavy atom. The number of hydrogen-bond donors (Lipinski definition) is 2. The van der Waals surface area contributed by atoms with Crippen molar-refractivity contribution in [2.45, 2.75) is 43.1 Å². The van der Waals surface area contributed by atoms with E-state index in [0.717, 1.165) is 12.8 Å². The summed E-state index contributed by atoms with van der Waals surface area (Å²) in [7, 11) is 1.67. The summed E-state index contributed by atoms with van der Waals surface area (Å²) < 4.78 is 1.48. The monoisotopic (exact) mass is 270 g/mol. The second-order valence-electron chi connectivity index (χ2n) is 5.41. The SMILES string of the molecule is Cn1[nH]c(=O)c(=O)nc1SC1CCC(C)(C)C1N. The summed E-state index contributed by atoms with van der Waals surface area (Å²) in [5.74, 6) is 0. The maximum Gasteiger partial charge on any atom is 0.339 e. The molecule has 1 heterocycles. The van der Waals surface area contributed by atoms with E-state index in [1.807, 2.05) is 0 Å². The number of H-pyrrole nitrogens is 1. The zero-order valence-corrected chi connectivity index (χ0v) is 11.6. The van der Waals surface area contributed by atoms with Crippen LogP contribution in [0.1, 0.15) is 26.7 Å². The first-order valence-corrected chi connectivity index (χ1v) is 6.79. The van der Waals surface area contributed by atoms with Gasteiger partial charge in [0.25, 0.3) is 0 Å². The van der Waals surface area contributed by atoms with Crippen LogP contribution in [-0.2, 0) is 7.05 Å². The van der Waals surface area contributed by atoms with E-state index < -0.39 is 11.1 Å². The molecule has 2 rings (SSSR count). The molecule has 0 radical (unpaired) electrons. The molecule has 18 heavy (non-hydrogen) atoms. The highest BCUT2D eigenvalue weighted by molar-refractivity contribution is 7.99. The quantitative estimate of drug-likeness (QED) is 0.742. The van der Waals surface area contributed by atoms with Crippen LogP contribution in [0.4, 0.5) is 0 Å². The van der Waals surface area contributed by atoms with E-state index in [9.17, 15) is 9.59 Å². The third kappa shape index (κ3) is 2.37. The minimum Gasteiger partial charge on any atom is -0.326 e. The zero-order valence-electron chi connectivity index (χ0n) is 10.8. The first kappa shape index (κ1) is 13.4. The van der Waals surface area contributed by atoms with Crippen LogP contribution in [0.15, 0.2) is 14.7 Å². The second-order valence-corrected chi connectivity index (χ2v) is 6.62. The third-order valence-electron chi connectivity index (χ3n) is 3.58. The van der Waals surface area contributed by atoms with Crippen LogP contribution >= 0.6 is 11.8 Å². The lowest BCUT2D eigenvalue weighted by Crippen LogP contribution is -2.39. The van der Waals surface area contributed by atoms with E-state index >= 15 is 0 Å². The molecule has 1 aliphatic rings. The van der Waals surface area contributed by atoms with Gasteiger partial charge in [0.15, 0.2) is 5.16 Å². The molecule has 1 aromatic heterocycles. The third-order valence-corrected chi connectivity index (χ3v) is 4.99. The molecular formula is C11H18N4O2S. The molecule has 2 unspecified atom stereocenters. The average molecular weight is 270 g/mol. The Morgan fingerprint density at radius 3 is 2.72 bits per heavy atom. The van der Waals surface area contributed by atoms with Crippen LogP contribution in [0.5, 0.6) is 0 Å². The molecule has 2 atom stereocenters. The van der Waals surface area contributed by atoms with Crippen molar-refractivity contribution in [3.63, 3.8) is 0 Å². The Kier molecular flexibility index (Phi) is 3.37. The number of hydrogen-bond acceptors (Lipinski definition) is 5. The number of nitrogens with two attached hydrogens (primary N) is 1. The molecule has 0 spiro atoms. The Labute approximate surface area is 109 Å². The van der Waals surface area contributed by atoms with E-state index in [0.29, 0.717) is 5.16 Å². The van der Waals surface area contributed by atoms with Crippen molar-refractivity contribution in [2.24, 2.45) is 18.2 Å². The standard InChI is InChI=1S/C11H18N4O2S/c1-11(2)5-4-6(7(11)12)18-10-13-8(16)9(17)14-15(10)3/h6-7H,4-5,12H2,1-3H3,(H,14,17). The molecule has 6 nitrogen and oxygen atoms in total. The van der Waals surface area contributed by atoms with Gasteiger partial charge in [-0.15, -0.1) is 0 Å². The number of nitrogens with zero attached hydrogens (tertiary/aromatic N) is 2. The maximum absolute atomic E-state index is 11.3. The normalized spacial score (nSPS) is 26.4. The van der Waals surface area contributed by atoms with Gasteiger partial charge in [0.2, 0.25) is 0 Å². The summed E-state index contributed by atoms with van der Waals surface area (Å²) in [6.45, 7) is 4.30. The van der Waals surface area contributed by atoms with Gasteiger partial charge in [0, 0.05) is 18.3 Å². The predicted molar refractivity (Wildman–Crippen MR) is 70.7 cm³/mol. The van der Waals surface area contributed by atoms with Crippen molar-refractivity contribution in [1.29, 1.82) is 0 Å². The van der Waals surface area contributed by atoms with E-state index in [-0.39, 0.29) is 16.7 Å². The molecule has 0 saturated heterocycles. The first-order valence-electron chi connectivity index (χ1n) is 5.91. The number of rotatable bonds is 2. The fourth-order valence-corrected chi connectivity index (χ4v) is 3.56. The summed E-state index contributed by atoms with van der Waals surface area (Å²) in [5, 5.41) is 3.18. The molecule has 0 bridgehead atoms. The van der Waals surface area contributed by atoms with Gasteiger partial charge in [-0.05, 0) is 18.3 Å². The van der Waals surface area contributed by atoms with Crippen LogP contribution < -0.4 is 16.9 Å². The molecular weight excluding hydrogens is 252 g/mol. The predicted octanol–water partition coefficient (Wildman–Crippen LogP) is 0.0766. The lowest BCUT2D eigenvalue weighted by atomic mass is 9.88. The molecule has 1 fully saturated rings. The van der Waals surface area contributed by atoms with Crippen molar-refractivity contribution < 1.29 is 0 Å². The summed E-state index contributed by atoms with van der Waals surface area (Å²) in [6.07, 6.45) is 2.05. The van der Waals surface area contributed by atoms with Gasteiger partial charge in [-0.2, -0.15) is 4.98 Å². The minimum absolute atomic E-state index is 0.0614. The highest BCUT2D eigenvalue weighted by atomic mass is 32.2. The second kappa shape index (κ2) is 4.55. The Bertz CT molecular complexity index is 563. The molecule has 100 valence electrons. The summed E-state index contributed by atoms with van der Waals surface area (Å²) in [4.78, 5) is 26.2. The summed E-state index contributed by atoms with van der Waals surface area (Å²) in [5.41, 5.74) is 4.88. The number of aryl methyl sites for hydroxylation is 1. The number of thioether (sulfide) groups is 1. The average Bonchev–Trinajstić information content (AvgIpc) is 2.53. The van der Waals surface area contributed by atoms with Crippen molar-refractivity contribution in [1.82, 2.24) is 14.8 Å². The Balaban J connectivity index is 2.24. The molecule has 1 aromatic rings. The van der Waals surface area contributed by atoms with Crippen molar-refractivity contribution in [3.05, 3.63) is 20.7 Å². The zero-order chi connectivity index (χ0) is 13.5. The number of aromatic nitrogens is 3. The maximum atomic E-state index is 11.3. The van der Waals surface area contributed by atoms with Gasteiger partial charge < -0.3 is 5.73 Å². The Morgan fingerprint density at radius 1 is 1.50 bits per heavy atom. The topological polar surface area (TPSA) is 93.8 Å². The Hall–Kier alpha value is -1.08. The highest BCUT2D eigenvalue weighted by Crippen LogP contribution is 2.43. The van der Waals surface area contributed by atoms with Crippen LogP contribution in [-0.4, -0.2) is 26.1 Å². The van der Waals surface area contributed by atoms with Crippen LogP contribution in [0, 0.1) is 5.41 Å². The van der Waals surface area contributed by atoms with Gasteiger partial charge in [-0.3, -0.25) is 19.4 Å². The van der Waals surface area contributed by atoms with E-state index in [1.54, 1.807) is 7.05 Å². The van der Waals surface area contributed by atoms with Gasteiger partial charge >= 0.3 is 11.1 Å². The molecule has 1 saturated carbocycles. The molecule has 1 aliphatic carbocycles. The number of aromatic amines is 1. The largest absolute Gasteiger partial charge is 0.339 e.